The summed E-state index contributed by atoms with van der Waals surface area (Å²) in [5.74, 6) is 0. The van der Waals surface area contributed by atoms with Gasteiger partial charge in [0, 0.05) is 22.5 Å². The molecule has 0 amide bonds. The van der Waals surface area contributed by atoms with Crippen molar-refractivity contribution in [2.45, 2.75) is 42.1 Å². The van der Waals surface area contributed by atoms with E-state index in [1.807, 2.05) is 30.3 Å². The monoisotopic (exact) mass is 481 g/mol. The number of para-hydroxylation sites is 2. The van der Waals surface area contributed by atoms with Crippen LogP contribution in [0.15, 0.2) is 101 Å². The van der Waals surface area contributed by atoms with E-state index in [4.69, 9.17) is 0 Å². The maximum absolute atomic E-state index is 13.8. The van der Waals surface area contributed by atoms with Crippen LogP contribution in [-0.2, 0) is 15.3 Å². The van der Waals surface area contributed by atoms with Crippen molar-refractivity contribution in [3.63, 3.8) is 0 Å². The van der Waals surface area contributed by atoms with E-state index in [0.29, 0.717) is 9.79 Å². The Bertz CT molecular complexity index is 1540. The number of fused-ring (bicyclic) bond motifs is 4. The molecule has 0 N–H and O–H groups in total. The summed E-state index contributed by atoms with van der Waals surface area (Å²) in [4.78, 5) is 3.06. The SMILES string of the molecule is CC1(C)c2ccccc2S(=O)(=O)c2cc(N3c4ccccc4[Si](C)(C)c4ccccc43)ccc21. The van der Waals surface area contributed by atoms with Gasteiger partial charge in [-0.05, 0) is 51.8 Å². The van der Waals surface area contributed by atoms with Gasteiger partial charge in [-0.15, -0.1) is 0 Å². The number of nitrogens with zero attached hydrogens (tertiary/aromatic N) is 1. The molecule has 0 aliphatic carbocycles. The molecule has 2 aliphatic rings. The second-order valence-corrected chi connectivity index (χ2v) is 16.5. The average Bonchev–Trinajstić information content (AvgIpc) is 2.83. The van der Waals surface area contributed by atoms with Crippen LogP contribution in [0.1, 0.15) is 25.0 Å². The molecule has 2 heterocycles. The molecule has 0 saturated heterocycles. The molecular formula is C29H27NO2SSi. The molecule has 34 heavy (non-hydrogen) atoms. The Balaban J connectivity index is 1.63. The molecule has 0 saturated carbocycles. The van der Waals surface area contributed by atoms with Gasteiger partial charge in [0.2, 0.25) is 9.84 Å². The molecular weight excluding hydrogens is 454 g/mol. The van der Waals surface area contributed by atoms with E-state index < -0.39 is 23.3 Å². The Morgan fingerprint density at radius 1 is 0.676 bits per heavy atom. The fourth-order valence-electron chi connectivity index (χ4n) is 5.82. The first-order valence-corrected chi connectivity index (χ1v) is 16.1. The summed E-state index contributed by atoms with van der Waals surface area (Å²) in [7, 11) is -5.52. The fraction of sp³-hybridized carbons (Fsp3) is 0.172. The molecule has 170 valence electrons. The summed E-state index contributed by atoms with van der Waals surface area (Å²) >= 11 is 0. The van der Waals surface area contributed by atoms with Crippen LogP contribution in [0.3, 0.4) is 0 Å². The predicted octanol–water partition coefficient (Wildman–Crippen LogP) is 5.76. The Morgan fingerprint density at radius 2 is 1.21 bits per heavy atom. The van der Waals surface area contributed by atoms with Gasteiger partial charge in [0.25, 0.3) is 0 Å². The Morgan fingerprint density at radius 3 is 1.85 bits per heavy atom. The molecule has 3 nitrogen and oxygen atoms in total. The van der Waals surface area contributed by atoms with Crippen LogP contribution >= 0.6 is 0 Å². The predicted molar refractivity (Wildman–Crippen MR) is 142 cm³/mol. The second-order valence-electron chi connectivity index (χ2n) is 10.3. The van der Waals surface area contributed by atoms with Gasteiger partial charge in [0.1, 0.15) is 8.07 Å². The number of benzene rings is 4. The van der Waals surface area contributed by atoms with Gasteiger partial charge in [-0.25, -0.2) is 8.42 Å². The maximum atomic E-state index is 13.8. The van der Waals surface area contributed by atoms with Gasteiger partial charge in [-0.1, -0.05) is 87.6 Å². The van der Waals surface area contributed by atoms with Crippen molar-refractivity contribution in [2.24, 2.45) is 0 Å². The van der Waals surface area contributed by atoms with Crippen molar-refractivity contribution in [1.82, 2.24) is 0 Å². The van der Waals surface area contributed by atoms with Crippen LogP contribution in [-0.4, -0.2) is 16.5 Å². The van der Waals surface area contributed by atoms with Gasteiger partial charge < -0.3 is 4.90 Å². The summed E-state index contributed by atoms with van der Waals surface area (Å²) in [5.41, 5.74) is 4.47. The van der Waals surface area contributed by atoms with Crippen molar-refractivity contribution in [2.75, 3.05) is 4.90 Å². The lowest BCUT2D eigenvalue weighted by Gasteiger charge is -2.41. The lowest BCUT2D eigenvalue weighted by atomic mass is 9.77. The van der Waals surface area contributed by atoms with Gasteiger partial charge >= 0.3 is 0 Å². The quantitative estimate of drug-likeness (QED) is 0.324. The Hall–Kier alpha value is -3.15. The van der Waals surface area contributed by atoms with Crippen LogP contribution in [0.25, 0.3) is 0 Å². The number of rotatable bonds is 1. The summed E-state index contributed by atoms with van der Waals surface area (Å²) in [6.07, 6.45) is 0. The van der Waals surface area contributed by atoms with Crippen molar-refractivity contribution in [3.05, 3.63) is 102 Å². The van der Waals surface area contributed by atoms with E-state index in [1.54, 1.807) is 6.07 Å². The van der Waals surface area contributed by atoms with Crippen molar-refractivity contribution >= 4 is 45.3 Å². The van der Waals surface area contributed by atoms with Crippen LogP contribution in [0.4, 0.5) is 17.1 Å². The molecule has 4 aromatic carbocycles. The molecule has 0 bridgehead atoms. The van der Waals surface area contributed by atoms with Gasteiger partial charge in [-0.2, -0.15) is 0 Å². The molecule has 4 aromatic rings. The van der Waals surface area contributed by atoms with Gasteiger partial charge in [0.15, 0.2) is 0 Å². The Labute approximate surface area is 202 Å². The minimum atomic E-state index is -3.63. The van der Waals surface area contributed by atoms with Crippen molar-refractivity contribution in [1.29, 1.82) is 0 Å². The third-order valence-corrected chi connectivity index (χ3v) is 13.1. The highest BCUT2D eigenvalue weighted by molar-refractivity contribution is 7.91. The van der Waals surface area contributed by atoms with E-state index in [-0.39, 0.29) is 0 Å². The number of sulfone groups is 1. The van der Waals surface area contributed by atoms with E-state index in [9.17, 15) is 8.42 Å². The summed E-state index contributed by atoms with van der Waals surface area (Å²) in [5, 5.41) is 2.72. The lowest BCUT2D eigenvalue weighted by molar-refractivity contribution is 0.555. The molecule has 0 fully saturated rings. The average molecular weight is 482 g/mol. The smallest absolute Gasteiger partial charge is 0.207 e. The fourth-order valence-corrected chi connectivity index (χ4v) is 10.8. The minimum absolute atomic E-state index is 0.400. The third-order valence-electron chi connectivity index (χ3n) is 7.67. The third kappa shape index (κ3) is 2.71. The van der Waals surface area contributed by atoms with Gasteiger partial charge in [-0.3, -0.25) is 0 Å². The lowest BCUT2D eigenvalue weighted by Crippen LogP contribution is -2.58. The van der Waals surface area contributed by atoms with Crippen LogP contribution < -0.4 is 15.3 Å². The first-order valence-electron chi connectivity index (χ1n) is 11.6. The zero-order chi connectivity index (χ0) is 23.9. The van der Waals surface area contributed by atoms with Crippen molar-refractivity contribution < 1.29 is 8.42 Å². The maximum Gasteiger partial charge on any atom is 0.207 e. The molecule has 6 rings (SSSR count). The van der Waals surface area contributed by atoms with Crippen LogP contribution in [0.5, 0.6) is 0 Å². The van der Waals surface area contributed by atoms with Gasteiger partial charge in [0.05, 0.1) is 9.79 Å². The molecule has 5 heteroatoms. The number of hydrogen-bond acceptors (Lipinski definition) is 3. The first kappa shape index (κ1) is 21.4. The second kappa shape index (κ2) is 6.93. The molecule has 0 unspecified atom stereocenters. The van der Waals surface area contributed by atoms with E-state index in [0.717, 1.165) is 28.2 Å². The summed E-state index contributed by atoms with van der Waals surface area (Å²) in [6.45, 7) is 8.99. The summed E-state index contributed by atoms with van der Waals surface area (Å²) in [6, 6.07) is 30.5. The standard InChI is InChI=1S/C29H27NO2SSi/c1-29(2)21-11-5-8-14-25(21)33(31,32)26-19-20(17-18-22(26)29)30-23-12-6-9-15-27(23)34(3,4)28-16-10-7-13-24(28)30/h5-19H,1-4H3. The van der Waals surface area contributed by atoms with Crippen LogP contribution in [0, 0.1) is 0 Å². The highest BCUT2D eigenvalue weighted by Crippen LogP contribution is 2.48. The largest absolute Gasteiger partial charge is 0.311 e. The highest BCUT2D eigenvalue weighted by atomic mass is 32.2. The molecule has 0 spiro atoms. The molecule has 0 aromatic heterocycles. The summed E-state index contributed by atoms with van der Waals surface area (Å²) < 4.78 is 27.6. The zero-order valence-corrected chi connectivity index (χ0v) is 21.6. The normalized spacial score (nSPS) is 18.3. The van der Waals surface area contributed by atoms with E-state index in [1.165, 1.54) is 10.4 Å². The zero-order valence-electron chi connectivity index (χ0n) is 19.8. The number of hydrogen-bond donors (Lipinski definition) is 0. The van der Waals surface area contributed by atoms with Crippen LogP contribution in [0.2, 0.25) is 13.1 Å². The van der Waals surface area contributed by atoms with E-state index >= 15 is 0 Å². The number of anilines is 3. The van der Waals surface area contributed by atoms with E-state index in [2.05, 4.69) is 86.4 Å². The van der Waals surface area contributed by atoms with Crippen molar-refractivity contribution in [3.8, 4) is 0 Å². The molecule has 0 radical (unpaired) electrons. The highest BCUT2D eigenvalue weighted by Gasteiger charge is 2.42. The minimum Gasteiger partial charge on any atom is -0.311 e. The first-order chi connectivity index (χ1) is 16.1. The topological polar surface area (TPSA) is 37.4 Å². The Kier molecular flexibility index (Phi) is 4.36. The molecule has 2 aliphatic heterocycles. The molecule has 0 atom stereocenters.